The molecule has 0 unspecified atom stereocenters. The van der Waals surface area contributed by atoms with Crippen LogP contribution in [0.5, 0.6) is 0 Å². The van der Waals surface area contributed by atoms with Gasteiger partial charge < -0.3 is 5.32 Å². The molecule has 1 heterocycles. The van der Waals surface area contributed by atoms with Gasteiger partial charge in [0.05, 0.1) is 4.90 Å². The number of hydrogen-bond acceptors (Lipinski definition) is 3. The number of nitrogens with zero attached hydrogens (tertiary/aromatic N) is 1. The number of amides is 1. The van der Waals surface area contributed by atoms with E-state index in [2.05, 4.69) is 5.32 Å². The number of piperidine rings is 1. The fourth-order valence-electron chi connectivity index (χ4n) is 3.18. The first-order valence-electron chi connectivity index (χ1n) is 8.96. The summed E-state index contributed by atoms with van der Waals surface area (Å²) >= 11 is 0. The Morgan fingerprint density at radius 1 is 1.15 bits per heavy atom. The Kier molecular flexibility index (Phi) is 5.92. The third-order valence-electron chi connectivity index (χ3n) is 4.91. The summed E-state index contributed by atoms with van der Waals surface area (Å²) in [5.41, 5.74) is 1.27. The molecule has 1 aliphatic rings. The van der Waals surface area contributed by atoms with Crippen LogP contribution in [0.2, 0.25) is 0 Å². The van der Waals surface area contributed by atoms with Crippen LogP contribution in [0.3, 0.4) is 0 Å². The van der Waals surface area contributed by atoms with Crippen molar-refractivity contribution in [2.24, 2.45) is 5.92 Å². The molecule has 0 aromatic heterocycles. The highest BCUT2D eigenvalue weighted by Gasteiger charge is 2.31. The lowest BCUT2D eigenvalue weighted by molar-refractivity contribution is -0.126. The number of hydrogen-bond donors (Lipinski definition) is 1. The Morgan fingerprint density at radius 3 is 2.44 bits per heavy atom. The molecule has 0 atom stereocenters. The maximum Gasteiger partial charge on any atom is 0.243 e. The van der Waals surface area contributed by atoms with E-state index in [1.165, 1.54) is 10.4 Å². The lowest BCUT2D eigenvalue weighted by atomic mass is 9.97. The quantitative estimate of drug-likeness (QED) is 0.854. The third kappa shape index (κ3) is 4.54. The molecule has 1 aliphatic heterocycles. The fourth-order valence-corrected chi connectivity index (χ4v) is 4.67. The molecule has 3 rings (SSSR count). The monoisotopic (exact) mass is 390 g/mol. The van der Waals surface area contributed by atoms with Gasteiger partial charge in [0.15, 0.2) is 0 Å². The van der Waals surface area contributed by atoms with Crippen LogP contribution >= 0.6 is 0 Å². The maximum absolute atomic E-state index is 13.6. The Hall–Kier alpha value is -2.25. The lowest BCUT2D eigenvalue weighted by Crippen LogP contribution is -2.42. The van der Waals surface area contributed by atoms with E-state index in [9.17, 15) is 17.6 Å². The fraction of sp³-hybridized carbons (Fsp3) is 0.350. The largest absolute Gasteiger partial charge is 0.352 e. The summed E-state index contributed by atoms with van der Waals surface area (Å²) in [5, 5.41) is 2.83. The highest BCUT2D eigenvalue weighted by atomic mass is 32.2. The number of halogens is 1. The van der Waals surface area contributed by atoms with E-state index >= 15 is 0 Å². The summed E-state index contributed by atoms with van der Waals surface area (Å²) in [6.45, 7) is 2.58. The Morgan fingerprint density at radius 2 is 1.81 bits per heavy atom. The van der Waals surface area contributed by atoms with Crippen molar-refractivity contribution >= 4 is 15.9 Å². The van der Waals surface area contributed by atoms with Crippen LogP contribution in [0.25, 0.3) is 0 Å². The van der Waals surface area contributed by atoms with Crippen molar-refractivity contribution in [3.05, 3.63) is 65.5 Å². The highest BCUT2D eigenvalue weighted by molar-refractivity contribution is 7.89. The van der Waals surface area contributed by atoms with Crippen molar-refractivity contribution in [2.75, 3.05) is 13.1 Å². The van der Waals surface area contributed by atoms with E-state index in [0.29, 0.717) is 37.1 Å². The number of carbonyl (C=O) groups excluding carboxylic acids is 1. The summed E-state index contributed by atoms with van der Waals surface area (Å²) in [6, 6.07) is 13.2. The third-order valence-corrected chi connectivity index (χ3v) is 6.82. The summed E-state index contributed by atoms with van der Waals surface area (Å²) in [7, 11) is -3.52. The first-order chi connectivity index (χ1) is 12.9. The second-order valence-corrected chi connectivity index (χ2v) is 8.73. The molecule has 0 bridgehead atoms. The number of sulfonamides is 1. The lowest BCUT2D eigenvalue weighted by Gasteiger charge is -2.30. The zero-order chi connectivity index (χ0) is 19.4. The van der Waals surface area contributed by atoms with Crippen molar-refractivity contribution in [1.29, 1.82) is 0 Å². The number of nitrogens with one attached hydrogen (secondary N) is 1. The normalized spacial score (nSPS) is 16.2. The van der Waals surface area contributed by atoms with Gasteiger partial charge in [-0.2, -0.15) is 4.31 Å². The minimum absolute atomic E-state index is 0.118. The zero-order valence-corrected chi connectivity index (χ0v) is 16.0. The zero-order valence-electron chi connectivity index (χ0n) is 15.2. The van der Waals surface area contributed by atoms with Crippen molar-refractivity contribution in [3.8, 4) is 0 Å². The first kappa shape index (κ1) is 19.5. The highest BCUT2D eigenvalue weighted by Crippen LogP contribution is 2.24. The minimum atomic E-state index is -3.52. The smallest absolute Gasteiger partial charge is 0.243 e. The molecule has 2 aromatic carbocycles. The molecular weight excluding hydrogens is 367 g/mol. The van der Waals surface area contributed by atoms with Gasteiger partial charge in [0.2, 0.25) is 15.9 Å². The molecule has 2 aromatic rings. The minimum Gasteiger partial charge on any atom is -0.352 e. The van der Waals surface area contributed by atoms with E-state index in [0.717, 1.165) is 0 Å². The van der Waals surface area contributed by atoms with Crippen molar-refractivity contribution in [2.45, 2.75) is 31.2 Å². The molecule has 0 aliphatic carbocycles. The van der Waals surface area contributed by atoms with Crippen LogP contribution in [0, 0.1) is 18.7 Å². The number of benzene rings is 2. The van der Waals surface area contributed by atoms with Gasteiger partial charge in [-0.3, -0.25) is 4.79 Å². The summed E-state index contributed by atoms with van der Waals surface area (Å²) in [4.78, 5) is 12.6. The molecule has 0 saturated carbocycles. The van der Waals surface area contributed by atoms with Crippen LogP contribution in [-0.2, 0) is 21.4 Å². The van der Waals surface area contributed by atoms with Gasteiger partial charge in [-0.15, -0.1) is 0 Å². The van der Waals surface area contributed by atoms with Gasteiger partial charge in [0.1, 0.15) is 5.82 Å². The van der Waals surface area contributed by atoms with E-state index in [1.807, 2.05) is 0 Å². The van der Waals surface area contributed by atoms with E-state index in [-0.39, 0.29) is 29.1 Å². The van der Waals surface area contributed by atoms with Gasteiger partial charge in [0.25, 0.3) is 0 Å². The number of aryl methyl sites for hydroxylation is 1. The molecule has 0 spiro atoms. The average Bonchev–Trinajstić information content (AvgIpc) is 2.69. The van der Waals surface area contributed by atoms with E-state index in [4.69, 9.17) is 0 Å². The topological polar surface area (TPSA) is 66.5 Å². The van der Waals surface area contributed by atoms with Gasteiger partial charge in [0, 0.05) is 25.6 Å². The molecule has 27 heavy (non-hydrogen) atoms. The summed E-state index contributed by atoms with van der Waals surface area (Å²) < 4.78 is 40.3. The Labute approximate surface area is 159 Å². The predicted molar refractivity (Wildman–Crippen MR) is 101 cm³/mol. The molecule has 144 valence electrons. The molecule has 7 heteroatoms. The van der Waals surface area contributed by atoms with Crippen LogP contribution in [-0.4, -0.2) is 31.7 Å². The molecule has 1 amide bonds. The summed E-state index contributed by atoms with van der Waals surface area (Å²) in [6.07, 6.45) is 0.945. The van der Waals surface area contributed by atoms with E-state index in [1.54, 1.807) is 49.4 Å². The second kappa shape index (κ2) is 8.19. The van der Waals surface area contributed by atoms with Crippen molar-refractivity contribution < 1.29 is 17.6 Å². The molecule has 5 nitrogen and oxygen atoms in total. The molecule has 1 fully saturated rings. The number of rotatable bonds is 5. The van der Waals surface area contributed by atoms with Crippen LogP contribution < -0.4 is 5.32 Å². The molecule has 1 N–H and O–H groups in total. The Bertz CT molecular complexity index is 908. The summed E-state index contributed by atoms with van der Waals surface area (Å²) in [5.74, 6) is -0.642. The van der Waals surface area contributed by atoms with Gasteiger partial charge in [-0.05, 0) is 49.1 Å². The number of carbonyl (C=O) groups is 1. The second-order valence-electron chi connectivity index (χ2n) is 6.79. The SMILES string of the molecule is Cc1ccc(CNC(=O)C2CCN(S(=O)(=O)c3ccccc3)CC2)cc1F. The van der Waals surface area contributed by atoms with Gasteiger partial charge >= 0.3 is 0 Å². The Balaban J connectivity index is 1.54. The first-order valence-corrected chi connectivity index (χ1v) is 10.4. The molecular formula is C20H23FN2O3S. The average molecular weight is 390 g/mol. The van der Waals surface area contributed by atoms with Crippen LogP contribution in [0.1, 0.15) is 24.0 Å². The van der Waals surface area contributed by atoms with Gasteiger partial charge in [-0.25, -0.2) is 12.8 Å². The molecule has 1 saturated heterocycles. The predicted octanol–water partition coefficient (Wildman–Crippen LogP) is 2.85. The van der Waals surface area contributed by atoms with Crippen LogP contribution in [0.15, 0.2) is 53.4 Å². The van der Waals surface area contributed by atoms with Crippen LogP contribution in [0.4, 0.5) is 4.39 Å². The van der Waals surface area contributed by atoms with E-state index < -0.39 is 10.0 Å². The van der Waals surface area contributed by atoms with Gasteiger partial charge in [-0.1, -0.05) is 30.3 Å². The molecule has 0 radical (unpaired) electrons. The van der Waals surface area contributed by atoms with Crippen molar-refractivity contribution in [1.82, 2.24) is 9.62 Å². The standard InChI is InChI=1S/C20H23FN2O3S/c1-15-7-8-16(13-19(15)21)14-22-20(24)17-9-11-23(12-10-17)27(25,26)18-5-3-2-4-6-18/h2-8,13,17H,9-12,14H2,1H3,(H,22,24). The maximum atomic E-state index is 13.6. The van der Waals surface area contributed by atoms with Crippen molar-refractivity contribution in [3.63, 3.8) is 0 Å².